The Morgan fingerprint density at radius 1 is 1.41 bits per heavy atom. The van der Waals surface area contributed by atoms with Gasteiger partial charge in [-0.05, 0) is 19.3 Å². The summed E-state index contributed by atoms with van der Waals surface area (Å²) in [5.41, 5.74) is 1.05. The van der Waals surface area contributed by atoms with E-state index in [1.54, 1.807) is 0 Å². The second kappa shape index (κ2) is 4.20. The molecule has 0 aromatic heterocycles. The molecule has 94 valence electrons. The molecule has 2 aliphatic rings. The van der Waals surface area contributed by atoms with Gasteiger partial charge in [-0.15, -0.1) is 0 Å². The van der Waals surface area contributed by atoms with Crippen LogP contribution < -0.4 is 0 Å². The zero-order chi connectivity index (χ0) is 12.6. The van der Waals surface area contributed by atoms with Crippen molar-refractivity contribution in [1.82, 2.24) is 4.90 Å². The van der Waals surface area contributed by atoms with Gasteiger partial charge < -0.3 is 4.90 Å². The van der Waals surface area contributed by atoms with E-state index in [0.717, 1.165) is 10.5 Å². The minimum Gasteiger partial charge on any atom is -0.334 e. The number of alkyl halides is 3. The van der Waals surface area contributed by atoms with E-state index in [2.05, 4.69) is 0 Å². The number of carbonyl (C=O) groups excluding carboxylic acids is 1. The fourth-order valence-electron chi connectivity index (χ4n) is 2.45. The van der Waals surface area contributed by atoms with Crippen LogP contribution in [0.1, 0.15) is 13.3 Å². The number of allylic oxidation sites excluding steroid dienone is 3. The van der Waals surface area contributed by atoms with Crippen molar-refractivity contribution in [3.8, 4) is 0 Å². The number of rotatable bonds is 0. The molecule has 0 saturated carbocycles. The highest BCUT2D eigenvalue weighted by Gasteiger charge is 2.44. The third-order valence-corrected chi connectivity index (χ3v) is 3.33. The Bertz CT molecular complexity index is 384. The quantitative estimate of drug-likeness (QED) is 0.642. The first kappa shape index (κ1) is 12.2. The van der Waals surface area contributed by atoms with Gasteiger partial charge in [-0.25, -0.2) is 0 Å². The molecular weight excluding hydrogens is 231 g/mol. The molecule has 0 radical (unpaired) electrons. The Hall–Kier alpha value is -1.26. The van der Waals surface area contributed by atoms with E-state index >= 15 is 0 Å². The largest absolute Gasteiger partial charge is 0.471 e. The van der Waals surface area contributed by atoms with Crippen LogP contribution in [0.3, 0.4) is 0 Å². The van der Waals surface area contributed by atoms with Gasteiger partial charge in [0, 0.05) is 19.0 Å². The Kier molecular flexibility index (Phi) is 3.02. The smallest absolute Gasteiger partial charge is 0.334 e. The van der Waals surface area contributed by atoms with Gasteiger partial charge in [0.15, 0.2) is 0 Å². The molecule has 17 heavy (non-hydrogen) atoms. The van der Waals surface area contributed by atoms with Gasteiger partial charge in [0.1, 0.15) is 0 Å². The van der Waals surface area contributed by atoms with Crippen LogP contribution in [-0.4, -0.2) is 30.1 Å². The summed E-state index contributed by atoms with van der Waals surface area (Å²) < 4.78 is 36.9. The van der Waals surface area contributed by atoms with Crippen molar-refractivity contribution in [2.45, 2.75) is 19.5 Å². The average molecular weight is 245 g/mol. The normalized spacial score (nSPS) is 28.7. The molecule has 0 N–H and O–H groups in total. The van der Waals surface area contributed by atoms with Crippen molar-refractivity contribution >= 4 is 5.91 Å². The van der Waals surface area contributed by atoms with Gasteiger partial charge in [0.05, 0.1) is 0 Å². The summed E-state index contributed by atoms with van der Waals surface area (Å²) in [6.45, 7) is 2.28. The lowest BCUT2D eigenvalue weighted by Gasteiger charge is -2.37. The first-order chi connectivity index (χ1) is 7.88. The topological polar surface area (TPSA) is 20.3 Å². The molecule has 2 unspecified atom stereocenters. The zero-order valence-corrected chi connectivity index (χ0v) is 9.50. The Labute approximate surface area is 97.8 Å². The summed E-state index contributed by atoms with van der Waals surface area (Å²) >= 11 is 0. The van der Waals surface area contributed by atoms with Crippen LogP contribution in [0.15, 0.2) is 23.8 Å². The van der Waals surface area contributed by atoms with Crippen LogP contribution in [0.25, 0.3) is 0 Å². The zero-order valence-electron chi connectivity index (χ0n) is 9.50. The van der Waals surface area contributed by atoms with E-state index in [0.29, 0.717) is 6.42 Å². The predicted molar refractivity (Wildman–Crippen MR) is 57.1 cm³/mol. The number of likely N-dealkylation sites (tertiary alicyclic amines) is 1. The number of amides is 1. The number of halogens is 3. The first-order valence-electron chi connectivity index (χ1n) is 5.60. The molecule has 1 fully saturated rings. The lowest BCUT2D eigenvalue weighted by atomic mass is 9.81. The highest BCUT2D eigenvalue weighted by Crippen LogP contribution is 2.32. The molecule has 1 aliphatic carbocycles. The van der Waals surface area contributed by atoms with Crippen molar-refractivity contribution in [1.29, 1.82) is 0 Å². The second-order valence-corrected chi connectivity index (χ2v) is 4.64. The molecule has 1 aliphatic heterocycles. The van der Waals surface area contributed by atoms with Gasteiger partial charge >= 0.3 is 12.1 Å². The molecule has 5 heteroatoms. The minimum absolute atomic E-state index is 0.0278. The van der Waals surface area contributed by atoms with Gasteiger partial charge in [-0.2, -0.15) is 13.2 Å². The molecule has 1 saturated heterocycles. The maximum Gasteiger partial charge on any atom is 0.471 e. The number of hydrogen-bond donors (Lipinski definition) is 0. The van der Waals surface area contributed by atoms with Crippen molar-refractivity contribution in [3.63, 3.8) is 0 Å². The van der Waals surface area contributed by atoms with Gasteiger partial charge in [0.25, 0.3) is 0 Å². The Morgan fingerprint density at radius 2 is 2.12 bits per heavy atom. The fourth-order valence-corrected chi connectivity index (χ4v) is 2.45. The monoisotopic (exact) mass is 245 g/mol. The summed E-state index contributed by atoms with van der Waals surface area (Å²) in [5.74, 6) is -1.41. The number of hydrogen-bond acceptors (Lipinski definition) is 1. The van der Waals surface area contributed by atoms with E-state index in [1.807, 2.05) is 25.2 Å². The highest BCUT2D eigenvalue weighted by molar-refractivity contribution is 5.82. The number of piperidine rings is 1. The van der Waals surface area contributed by atoms with E-state index < -0.39 is 12.1 Å². The van der Waals surface area contributed by atoms with Crippen LogP contribution in [0.5, 0.6) is 0 Å². The maximum absolute atomic E-state index is 12.3. The van der Waals surface area contributed by atoms with Crippen LogP contribution in [0.2, 0.25) is 0 Å². The van der Waals surface area contributed by atoms with E-state index in [1.165, 1.54) is 0 Å². The SMILES string of the molecule is CC1=CC2CN(C(=O)C(F)(F)F)CCC2C=C1. The van der Waals surface area contributed by atoms with Crippen molar-refractivity contribution in [3.05, 3.63) is 23.8 Å². The van der Waals surface area contributed by atoms with Crippen molar-refractivity contribution < 1.29 is 18.0 Å². The van der Waals surface area contributed by atoms with Crippen LogP contribution >= 0.6 is 0 Å². The summed E-state index contributed by atoms with van der Waals surface area (Å²) in [7, 11) is 0. The number of nitrogens with zero attached hydrogens (tertiary/aromatic N) is 1. The lowest BCUT2D eigenvalue weighted by molar-refractivity contribution is -0.187. The molecule has 2 rings (SSSR count). The second-order valence-electron chi connectivity index (χ2n) is 4.64. The molecule has 1 amide bonds. The summed E-state index contributed by atoms with van der Waals surface area (Å²) in [6.07, 6.45) is 1.83. The minimum atomic E-state index is -4.75. The number of fused-ring (bicyclic) bond motifs is 1. The van der Waals surface area contributed by atoms with Crippen LogP contribution in [0.4, 0.5) is 13.2 Å². The molecule has 2 nitrogen and oxygen atoms in total. The molecule has 0 aromatic rings. The summed E-state index contributed by atoms with van der Waals surface area (Å²) in [5, 5.41) is 0. The van der Waals surface area contributed by atoms with E-state index in [4.69, 9.17) is 0 Å². The first-order valence-corrected chi connectivity index (χ1v) is 5.60. The van der Waals surface area contributed by atoms with Crippen LogP contribution in [0, 0.1) is 11.8 Å². The van der Waals surface area contributed by atoms with Crippen LogP contribution in [-0.2, 0) is 4.79 Å². The average Bonchev–Trinajstić information content (AvgIpc) is 2.25. The standard InChI is InChI=1S/C12H14F3NO/c1-8-2-3-9-4-5-16(7-10(9)6-8)11(17)12(13,14)15/h2-3,6,9-10H,4-5,7H2,1H3. The summed E-state index contributed by atoms with van der Waals surface area (Å²) in [4.78, 5) is 12.1. The molecule has 2 atom stereocenters. The molecule has 0 bridgehead atoms. The van der Waals surface area contributed by atoms with E-state index in [9.17, 15) is 18.0 Å². The molecule has 0 aromatic carbocycles. The third kappa shape index (κ3) is 2.53. The highest BCUT2D eigenvalue weighted by atomic mass is 19.4. The van der Waals surface area contributed by atoms with Crippen molar-refractivity contribution in [2.75, 3.05) is 13.1 Å². The van der Waals surface area contributed by atoms with Gasteiger partial charge in [-0.1, -0.05) is 23.8 Å². The Morgan fingerprint density at radius 3 is 2.76 bits per heavy atom. The van der Waals surface area contributed by atoms with Crippen molar-refractivity contribution in [2.24, 2.45) is 11.8 Å². The molecular formula is C12H14F3NO. The lowest BCUT2D eigenvalue weighted by Crippen LogP contribution is -2.48. The maximum atomic E-state index is 12.3. The third-order valence-electron chi connectivity index (χ3n) is 3.33. The fraction of sp³-hybridized carbons (Fsp3) is 0.583. The number of carbonyl (C=O) groups is 1. The Balaban J connectivity index is 2.07. The van der Waals surface area contributed by atoms with E-state index in [-0.39, 0.29) is 24.9 Å². The predicted octanol–water partition coefficient (Wildman–Crippen LogP) is 2.53. The van der Waals surface area contributed by atoms with Gasteiger partial charge in [-0.3, -0.25) is 4.79 Å². The summed E-state index contributed by atoms with van der Waals surface area (Å²) in [6, 6.07) is 0. The molecule has 1 heterocycles. The molecule has 0 spiro atoms. The van der Waals surface area contributed by atoms with Gasteiger partial charge in [0.2, 0.25) is 0 Å².